The molecule has 0 fully saturated rings. The molecule has 0 bridgehead atoms. The Hall–Kier alpha value is -2.01. The van der Waals surface area contributed by atoms with Crippen molar-refractivity contribution in [3.8, 4) is 0 Å². The van der Waals surface area contributed by atoms with Crippen LogP contribution in [0, 0.1) is 0 Å². The Labute approximate surface area is 103 Å². The van der Waals surface area contributed by atoms with E-state index in [9.17, 15) is 4.79 Å². The Balaban J connectivity index is 1.98. The van der Waals surface area contributed by atoms with Crippen LogP contribution in [0.1, 0.15) is 10.5 Å². The van der Waals surface area contributed by atoms with Crippen molar-refractivity contribution < 1.29 is 4.79 Å². The van der Waals surface area contributed by atoms with Crippen LogP contribution in [-0.2, 0) is 7.05 Å². The largest absolute Gasteiger partial charge is 0.298 e. The van der Waals surface area contributed by atoms with Gasteiger partial charge in [0.25, 0.3) is 5.91 Å². The molecule has 2 N–H and O–H groups in total. The number of carbonyl (C=O) groups excluding carboxylic acids is 1. The van der Waals surface area contributed by atoms with Crippen molar-refractivity contribution in [2.45, 2.75) is 0 Å². The molecule has 0 spiro atoms. The number of nitrogens with one attached hydrogen (secondary N) is 2. The lowest BCUT2D eigenvalue weighted by Gasteiger charge is -2.06. The van der Waals surface area contributed by atoms with E-state index in [1.165, 1.54) is 10.7 Å². The predicted octanol–water partition coefficient (Wildman–Crippen LogP) is 1.83. The van der Waals surface area contributed by atoms with Crippen LogP contribution in [0.3, 0.4) is 0 Å². The highest BCUT2D eigenvalue weighted by atomic mass is 35.5. The van der Waals surface area contributed by atoms with Gasteiger partial charge in [-0.1, -0.05) is 29.8 Å². The number of aryl methyl sites for hydroxylation is 1. The normalized spacial score (nSPS) is 10.0. The fourth-order valence-electron chi connectivity index (χ4n) is 1.27. The number of hydrogen-bond donors (Lipinski definition) is 2. The van der Waals surface area contributed by atoms with E-state index in [1.54, 1.807) is 7.05 Å². The third-order valence-electron chi connectivity index (χ3n) is 2.15. The summed E-state index contributed by atoms with van der Waals surface area (Å²) in [5.74, 6) is -0.337. The van der Waals surface area contributed by atoms with Crippen molar-refractivity contribution in [2.24, 2.45) is 7.05 Å². The quantitative estimate of drug-likeness (QED) is 0.817. The summed E-state index contributed by atoms with van der Waals surface area (Å²) >= 11 is 5.79. The van der Waals surface area contributed by atoms with Gasteiger partial charge in [-0.3, -0.25) is 20.3 Å². The minimum atomic E-state index is -0.337. The lowest BCUT2D eigenvalue weighted by atomic mass is 10.3. The molecule has 0 unspecified atom stereocenters. The maximum Gasteiger partial charge on any atom is 0.290 e. The highest BCUT2D eigenvalue weighted by Crippen LogP contribution is 2.09. The minimum absolute atomic E-state index is 0.265. The van der Waals surface area contributed by atoms with Crippen LogP contribution in [0.2, 0.25) is 5.15 Å². The zero-order chi connectivity index (χ0) is 12.3. The van der Waals surface area contributed by atoms with E-state index in [0.29, 0.717) is 5.15 Å². The van der Waals surface area contributed by atoms with Crippen LogP contribution in [0.15, 0.2) is 36.4 Å². The topological polar surface area (TPSA) is 59.0 Å². The number of carbonyl (C=O) groups is 1. The number of halogens is 1. The minimum Gasteiger partial charge on any atom is -0.298 e. The summed E-state index contributed by atoms with van der Waals surface area (Å²) in [4.78, 5) is 11.7. The van der Waals surface area contributed by atoms with Gasteiger partial charge in [0.2, 0.25) is 0 Å². The van der Waals surface area contributed by atoms with E-state index in [2.05, 4.69) is 16.0 Å². The van der Waals surface area contributed by atoms with Gasteiger partial charge in [-0.15, -0.1) is 0 Å². The Bertz CT molecular complexity index is 504. The molecule has 0 aliphatic rings. The van der Waals surface area contributed by atoms with Crippen LogP contribution in [0.4, 0.5) is 5.69 Å². The predicted molar refractivity (Wildman–Crippen MR) is 65.7 cm³/mol. The van der Waals surface area contributed by atoms with Crippen molar-refractivity contribution in [3.63, 3.8) is 0 Å². The molecule has 0 saturated carbocycles. The smallest absolute Gasteiger partial charge is 0.290 e. The van der Waals surface area contributed by atoms with Gasteiger partial charge in [0, 0.05) is 13.1 Å². The van der Waals surface area contributed by atoms with Gasteiger partial charge < -0.3 is 0 Å². The van der Waals surface area contributed by atoms with Crippen LogP contribution in [0.25, 0.3) is 0 Å². The fourth-order valence-corrected chi connectivity index (χ4v) is 1.41. The van der Waals surface area contributed by atoms with Crippen molar-refractivity contribution in [2.75, 3.05) is 5.43 Å². The molecule has 0 saturated heterocycles. The first-order valence-corrected chi connectivity index (χ1v) is 5.35. The van der Waals surface area contributed by atoms with E-state index in [1.807, 2.05) is 30.3 Å². The van der Waals surface area contributed by atoms with Crippen molar-refractivity contribution in [1.82, 2.24) is 15.2 Å². The molecule has 0 atom stereocenters. The third-order valence-corrected chi connectivity index (χ3v) is 2.50. The van der Waals surface area contributed by atoms with Crippen molar-refractivity contribution in [1.29, 1.82) is 0 Å². The molecule has 1 heterocycles. The second-order valence-corrected chi connectivity index (χ2v) is 3.81. The molecule has 1 amide bonds. The third kappa shape index (κ3) is 2.76. The second-order valence-electron chi connectivity index (χ2n) is 3.42. The summed E-state index contributed by atoms with van der Waals surface area (Å²) in [6, 6.07) is 10.8. The molecule has 88 valence electrons. The molecule has 0 aliphatic carbocycles. The SMILES string of the molecule is Cn1nc(C(=O)NNc2ccccc2)cc1Cl. The van der Waals surface area contributed by atoms with Gasteiger partial charge in [0.1, 0.15) is 5.15 Å². The molecule has 6 heteroatoms. The van der Waals surface area contributed by atoms with Gasteiger partial charge in [0.15, 0.2) is 5.69 Å². The zero-order valence-corrected chi connectivity index (χ0v) is 9.90. The molecular weight excluding hydrogens is 240 g/mol. The zero-order valence-electron chi connectivity index (χ0n) is 9.14. The summed E-state index contributed by atoms with van der Waals surface area (Å²) in [6.45, 7) is 0. The Morgan fingerprint density at radius 1 is 1.35 bits per heavy atom. The highest BCUT2D eigenvalue weighted by molar-refractivity contribution is 6.29. The Kier molecular flexibility index (Phi) is 3.30. The molecule has 2 aromatic rings. The number of hydrogen-bond acceptors (Lipinski definition) is 3. The first-order chi connectivity index (χ1) is 8.16. The summed E-state index contributed by atoms with van der Waals surface area (Å²) in [7, 11) is 1.67. The number of aromatic nitrogens is 2. The lowest BCUT2D eigenvalue weighted by molar-refractivity contribution is 0.0957. The molecule has 0 radical (unpaired) electrons. The van der Waals surface area contributed by atoms with Gasteiger partial charge in [-0.25, -0.2) is 0 Å². The van der Waals surface area contributed by atoms with E-state index >= 15 is 0 Å². The summed E-state index contributed by atoms with van der Waals surface area (Å²) < 4.78 is 1.43. The van der Waals surface area contributed by atoms with Gasteiger partial charge in [-0.2, -0.15) is 5.10 Å². The van der Waals surface area contributed by atoms with Crippen molar-refractivity contribution in [3.05, 3.63) is 47.2 Å². The fraction of sp³-hybridized carbons (Fsp3) is 0.0909. The van der Waals surface area contributed by atoms with Crippen molar-refractivity contribution >= 4 is 23.2 Å². The van der Waals surface area contributed by atoms with E-state index < -0.39 is 0 Å². The lowest BCUT2D eigenvalue weighted by Crippen LogP contribution is -2.29. The maximum atomic E-state index is 11.7. The summed E-state index contributed by atoms with van der Waals surface area (Å²) in [5.41, 5.74) is 6.37. The van der Waals surface area contributed by atoms with Crippen LogP contribution >= 0.6 is 11.6 Å². The second kappa shape index (κ2) is 4.88. The summed E-state index contributed by atoms with van der Waals surface area (Å²) in [6.07, 6.45) is 0. The average molecular weight is 251 g/mol. The molecule has 2 rings (SSSR count). The molecule has 17 heavy (non-hydrogen) atoms. The number of nitrogens with zero attached hydrogens (tertiary/aromatic N) is 2. The molecule has 5 nitrogen and oxygen atoms in total. The number of para-hydroxylation sites is 1. The van der Waals surface area contributed by atoms with E-state index in [4.69, 9.17) is 11.6 Å². The van der Waals surface area contributed by atoms with Crippen LogP contribution in [0.5, 0.6) is 0 Å². The van der Waals surface area contributed by atoms with Gasteiger partial charge in [-0.05, 0) is 12.1 Å². The maximum absolute atomic E-state index is 11.7. The molecule has 1 aromatic carbocycles. The van der Waals surface area contributed by atoms with Crippen LogP contribution < -0.4 is 10.9 Å². The van der Waals surface area contributed by atoms with E-state index in [-0.39, 0.29) is 11.6 Å². The monoisotopic (exact) mass is 250 g/mol. The van der Waals surface area contributed by atoms with Gasteiger partial charge >= 0.3 is 0 Å². The molecule has 0 aliphatic heterocycles. The first-order valence-electron chi connectivity index (χ1n) is 4.98. The molecule has 1 aromatic heterocycles. The van der Waals surface area contributed by atoms with Gasteiger partial charge in [0.05, 0.1) is 5.69 Å². The number of anilines is 1. The summed E-state index contributed by atoms with van der Waals surface area (Å²) in [5, 5.41) is 4.37. The Morgan fingerprint density at radius 2 is 2.06 bits per heavy atom. The van der Waals surface area contributed by atoms with E-state index in [0.717, 1.165) is 5.69 Å². The first kappa shape index (κ1) is 11.5. The molecular formula is C11H11ClN4O. The number of benzene rings is 1. The average Bonchev–Trinajstić information content (AvgIpc) is 2.68. The number of hydrazine groups is 1. The number of rotatable bonds is 3. The Morgan fingerprint density at radius 3 is 2.65 bits per heavy atom. The van der Waals surface area contributed by atoms with Crippen LogP contribution in [-0.4, -0.2) is 15.7 Å². The number of amides is 1. The standard InChI is InChI=1S/C11H11ClN4O/c1-16-10(12)7-9(15-16)11(17)14-13-8-5-3-2-4-6-8/h2-7,13H,1H3,(H,14,17). The highest BCUT2D eigenvalue weighted by Gasteiger charge is 2.10.